The predicted molar refractivity (Wildman–Crippen MR) is 101 cm³/mol. The second-order valence-electron chi connectivity index (χ2n) is 8.74. The minimum absolute atomic E-state index is 0.0508. The van der Waals surface area contributed by atoms with Gasteiger partial charge in [-0.15, -0.1) is 6.58 Å². The number of hydrogen-bond acceptors (Lipinski definition) is 1. The minimum atomic E-state index is -4.31. The number of rotatable bonds is 5. The average molecular weight is 373 g/mol. The third kappa shape index (κ3) is 4.56. The molecular weight excluding hydrogens is 341 g/mol. The smallest absolute Gasteiger partial charge is 0.411 e. The van der Waals surface area contributed by atoms with Crippen LogP contribution in [0.25, 0.3) is 0 Å². The molecule has 142 valence electrons. The molecule has 5 heteroatoms. The zero-order valence-corrected chi connectivity index (χ0v) is 17.4. The van der Waals surface area contributed by atoms with Crippen molar-refractivity contribution in [1.82, 2.24) is 0 Å². The van der Waals surface area contributed by atoms with Crippen molar-refractivity contribution < 1.29 is 17.6 Å². The van der Waals surface area contributed by atoms with E-state index in [4.69, 9.17) is 4.43 Å². The summed E-state index contributed by atoms with van der Waals surface area (Å²) in [6, 6.07) is 5.25. The number of halogens is 3. The minimum Gasteiger partial charge on any atom is -0.411 e. The highest BCUT2D eigenvalue weighted by Gasteiger charge is 2.57. The van der Waals surface area contributed by atoms with E-state index in [-0.39, 0.29) is 15.6 Å². The molecule has 0 bridgehead atoms. The van der Waals surface area contributed by atoms with Gasteiger partial charge in [0.2, 0.25) is 8.32 Å². The van der Waals surface area contributed by atoms with Crippen LogP contribution in [0.4, 0.5) is 13.2 Å². The lowest BCUT2D eigenvalue weighted by atomic mass is 10.1. The van der Waals surface area contributed by atoms with E-state index in [0.29, 0.717) is 6.61 Å². The van der Waals surface area contributed by atoms with Crippen LogP contribution in [0.2, 0.25) is 15.6 Å². The Morgan fingerprint density at radius 2 is 1.44 bits per heavy atom. The number of hydrogen-bond donors (Lipinski definition) is 0. The Bertz CT molecular complexity index is 563. The molecule has 1 atom stereocenters. The molecule has 1 aromatic rings. The number of benzene rings is 1. The summed E-state index contributed by atoms with van der Waals surface area (Å²) in [5.41, 5.74) is 0.336. The number of alkyl halides is 3. The van der Waals surface area contributed by atoms with Gasteiger partial charge in [-0.1, -0.05) is 66.7 Å². The summed E-state index contributed by atoms with van der Waals surface area (Å²) in [6.45, 7) is 19.6. The lowest BCUT2D eigenvalue weighted by Gasteiger charge is -2.53. The van der Waals surface area contributed by atoms with Crippen molar-refractivity contribution in [3.05, 3.63) is 48.0 Å². The summed E-state index contributed by atoms with van der Waals surface area (Å²) in [7, 11) is -2.38. The fourth-order valence-corrected chi connectivity index (χ4v) is 11.0. The van der Waals surface area contributed by atoms with Gasteiger partial charge in [-0.2, -0.15) is 13.2 Å². The van der Waals surface area contributed by atoms with E-state index in [1.54, 1.807) is 0 Å². The zero-order valence-electron chi connectivity index (χ0n) is 16.4. The summed E-state index contributed by atoms with van der Waals surface area (Å²) >= 11 is 0. The molecule has 1 nitrogen and oxygen atoms in total. The standard InChI is InChI=1S/C20H31F3OSi/c1-9-15(2)25(18(3,4)5,19(6,7)8)24-14-16-10-12-17(13-11-16)20(21,22)23/h9-13,15H,1,14H2,2-8H3. The Morgan fingerprint density at radius 1 is 1.00 bits per heavy atom. The Kier molecular flexibility index (Phi) is 6.39. The summed E-state index contributed by atoms with van der Waals surface area (Å²) in [5.74, 6) is 0. The maximum atomic E-state index is 12.7. The first-order valence-corrected chi connectivity index (χ1v) is 10.6. The molecule has 0 aliphatic rings. The van der Waals surface area contributed by atoms with E-state index in [1.165, 1.54) is 12.1 Å². The Morgan fingerprint density at radius 3 is 1.76 bits per heavy atom. The fraction of sp³-hybridized carbons (Fsp3) is 0.600. The molecule has 0 radical (unpaired) electrons. The van der Waals surface area contributed by atoms with Crippen molar-refractivity contribution in [2.75, 3.05) is 0 Å². The third-order valence-electron chi connectivity index (χ3n) is 4.97. The molecule has 0 spiro atoms. The van der Waals surface area contributed by atoms with Crippen molar-refractivity contribution in [2.24, 2.45) is 0 Å². The molecule has 0 aliphatic carbocycles. The monoisotopic (exact) mass is 372 g/mol. The van der Waals surface area contributed by atoms with Gasteiger partial charge in [-0.05, 0) is 33.3 Å². The van der Waals surface area contributed by atoms with Gasteiger partial charge in [0.25, 0.3) is 0 Å². The molecular formula is C20H31F3OSi. The summed E-state index contributed by atoms with van der Waals surface area (Å²) in [5, 5.41) is -0.102. The van der Waals surface area contributed by atoms with Crippen LogP contribution in [0.3, 0.4) is 0 Å². The van der Waals surface area contributed by atoms with Crippen LogP contribution < -0.4 is 0 Å². The second kappa shape index (κ2) is 7.27. The Balaban J connectivity index is 3.18. The molecule has 0 fully saturated rings. The highest BCUT2D eigenvalue weighted by atomic mass is 28.4. The van der Waals surface area contributed by atoms with Crippen LogP contribution in [-0.4, -0.2) is 8.32 Å². The van der Waals surface area contributed by atoms with Gasteiger partial charge in [-0.25, -0.2) is 0 Å². The molecule has 0 N–H and O–H groups in total. The normalized spacial score (nSPS) is 15.1. The van der Waals surface area contributed by atoms with Crippen LogP contribution >= 0.6 is 0 Å². The summed E-state index contributed by atoms with van der Waals surface area (Å²) in [6.07, 6.45) is -2.36. The highest BCUT2D eigenvalue weighted by molar-refractivity contribution is 6.81. The molecule has 25 heavy (non-hydrogen) atoms. The molecule has 0 amide bonds. The fourth-order valence-electron chi connectivity index (χ4n) is 4.21. The first-order chi connectivity index (χ1) is 11.2. The van der Waals surface area contributed by atoms with Crippen LogP contribution in [0, 0.1) is 0 Å². The third-order valence-corrected chi connectivity index (χ3v) is 11.5. The second-order valence-corrected chi connectivity index (χ2v) is 14.4. The van der Waals surface area contributed by atoms with Crippen molar-refractivity contribution in [2.45, 2.75) is 76.9 Å². The molecule has 0 aromatic heterocycles. The van der Waals surface area contributed by atoms with Gasteiger partial charge in [0.15, 0.2) is 0 Å². The van der Waals surface area contributed by atoms with Crippen LogP contribution in [0.15, 0.2) is 36.9 Å². The van der Waals surface area contributed by atoms with Gasteiger partial charge < -0.3 is 4.43 Å². The first kappa shape index (κ1) is 22.0. The maximum absolute atomic E-state index is 12.7. The zero-order chi connectivity index (χ0) is 19.7. The first-order valence-electron chi connectivity index (χ1n) is 8.59. The average Bonchev–Trinajstić information content (AvgIpc) is 2.44. The van der Waals surface area contributed by atoms with Crippen molar-refractivity contribution in [1.29, 1.82) is 0 Å². The molecule has 0 heterocycles. The molecule has 1 aromatic carbocycles. The largest absolute Gasteiger partial charge is 0.416 e. The van der Waals surface area contributed by atoms with Crippen molar-refractivity contribution in [3.8, 4) is 0 Å². The number of allylic oxidation sites excluding steroid dienone is 1. The van der Waals surface area contributed by atoms with E-state index >= 15 is 0 Å². The quantitative estimate of drug-likeness (QED) is 0.388. The van der Waals surface area contributed by atoms with E-state index in [2.05, 4.69) is 55.0 Å². The molecule has 0 saturated carbocycles. The van der Waals surface area contributed by atoms with Gasteiger partial charge in [0.1, 0.15) is 0 Å². The molecule has 0 saturated heterocycles. The van der Waals surface area contributed by atoms with Crippen LogP contribution in [0.5, 0.6) is 0 Å². The molecule has 1 unspecified atom stereocenters. The summed E-state index contributed by atoms with van der Waals surface area (Å²) < 4.78 is 44.8. The van der Waals surface area contributed by atoms with Crippen LogP contribution in [0.1, 0.15) is 59.6 Å². The predicted octanol–water partition coefficient (Wildman–Crippen LogP) is 7.34. The SMILES string of the molecule is C=CC(C)[Si](OCc1ccc(C(F)(F)F)cc1)(C(C)(C)C)C(C)(C)C. The summed E-state index contributed by atoms with van der Waals surface area (Å²) in [4.78, 5) is 0. The van der Waals surface area contributed by atoms with Gasteiger partial charge in [-0.3, -0.25) is 0 Å². The molecule has 0 aliphatic heterocycles. The van der Waals surface area contributed by atoms with E-state index < -0.39 is 20.1 Å². The van der Waals surface area contributed by atoms with E-state index in [0.717, 1.165) is 17.7 Å². The van der Waals surface area contributed by atoms with Gasteiger partial charge >= 0.3 is 6.18 Å². The van der Waals surface area contributed by atoms with Gasteiger partial charge in [0.05, 0.1) is 12.2 Å². The van der Waals surface area contributed by atoms with E-state index in [9.17, 15) is 13.2 Å². The van der Waals surface area contributed by atoms with Crippen LogP contribution in [-0.2, 0) is 17.2 Å². The van der Waals surface area contributed by atoms with E-state index in [1.807, 2.05) is 6.08 Å². The van der Waals surface area contributed by atoms with Crippen molar-refractivity contribution in [3.63, 3.8) is 0 Å². The maximum Gasteiger partial charge on any atom is 0.416 e. The Labute approximate surface area is 151 Å². The lowest BCUT2D eigenvalue weighted by molar-refractivity contribution is -0.137. The molecule has 1 rings (SSSR count). The highest BCUT2D eigenvalue weighted by Crippen LogP contribution is 2.57. The lowest BCUT2D eigenvalue weighted by Crippen LogP contribution is -2.57. The topological polar surface area (TPSA) is 9.23 Å². The van der Waals surface area contributed by atoms with Crippen molar-refractivity contribution >= 4 is 8.32 Å². The Hall–Kier alpha value is -1.07. The van der Waals surface area contributed by atoms with Gasteiger partial charge in [0, 0.05) is 0 Å².